The summed E-state index contributed by atoms with van der Waals surface area (Å²) in [5, 5.41) is 10.8. The molecule has 2 heterocycles. The van der Waals surface area contributed by atoms with Crippen LogP contribution < -0.4 is 4.90 Å². The quantitative estimate of drug-likeness (QED) is 0.605. The first-order valence-electron chi connectivity index (χ1n) is 6.78. The minimum atomic E-state index is -0.329. The maximum atomic E-state index is 10.8. The number of piperazine rings is 1. The first-order valence-corrected chi connectivity index (χ1v) is 6.78. The minimum absolute atomic E-state index is 0.179. The van der Waals surface area contributed by atoms with Gasteiger partial charge in [0.25, 0.3) is 5.69 Å². The molecule has 3 rings (SSSR count). The van der Waals surface area contributed by atoms with E-state index in [0.717, 1.165) is 24.3 Å². The van der Waals surface area contributed by atoms with Crippen molar-refractivity contribution in [3.05, 3.63) is 33.9 Å². The van der Waals surface area contributed by atoms with E-state index in [4.69, 9.17) is 0 Å². The van der Waals surface area contributed by atoms with E-state index in [0.29, 0.717) is 12.1 Å². The molecule has 2 fully saturated rings. The summed E-state index contributed by atoms with van der Waals surface area (Å²) in [7, 11) is 2.21. The molecule has 0 N–H and O–H groups in total. The Morgan fingerprint density at radius 3 is 2.42 bits per heavy atom. The second kappa shape index (κ2) is 4.49. The number of nitro groups is 1. The Bertz CT molecular complexity index is 503. The van der Waals surface area contributed by atoms with Crippen molar-refractivity contribution in [1.29, 1.82) is 0 Å². The molecule has 2 unspecified atom stereocenters. The highest BCUT2D eigenvalue weighted by atomic mass is 16.6. The van der Waals surface area contributed by atoms with Crippen molar-refractivity contribution in [2.24, 2.45) is 0 Å². The molecule has 2 atom stereocenters. The Morgan fingerprint density at radius 1 is 1.26 bits per heavy atom. The largest absolute Gasteiger partial charge is 0.368 e. The molecule has 0 radical (unpaired) electrons. The van der Waals surface area contributed by atoms with E-state index in [2.05, 4.69) is 16.8 Å². The number of aryl methyl sites for hydroxylation is 1. The Morgan fingerprint density at radius 2 is 1.89 bits per heavy atom. The molecule has 2 saturated heterocycles. The summed E-state index contributed by atoms with van der Waals surface area (Å²) in [5.74, 6) is 0. The normalized spacial score (nSPS) is 26.7. The van der Waals surface area contributed by atoms with Gasteiger partial charge in [-0.1, -0.05) is 0 Å². The molecule has 2 bridgehead atoms. The molecule has 0 amide bonds. The number of hydrogen-bond acceptors (Lipinski definition) is 4. The van der Waals surface area contributed by atoms with E-state index in [1.807, 2.05) is 13.0 Å². The third kappa shape index (κ3) is 2.08. The Balaban J connectivity index is 1.85. The van der Waals surface area contributed by atoms with Crippen molar-refractivity contribution in [1.82, 2.24) is 4.90 Å². The zero-order valence-electron chi connectivity index (χ0n) is 11.4. The maximum Gasteiger partial charge on any atom is 0.269 e. The highest BCUT2D eigenvalue weighted by molar-refractivity contribution is 5.58. The number of fused-ring (bicyclic) bond motifs is 2. The molecule has 102 valence electrons. The van der Waals surface area contributed by atoms with Gasteiger partial charge in [-0.2, -0.15) is 0 Å². The average molecular weight is 261 g/mol. The fourth-order valence-corrected chi connectivity index (χ4v) is 3.42. The van der Waals surface area contributed by atoms with Crippen LogP contribution in [0, 0.1) is 17.0 Å². The lowest BCUT2D eigenvalue weighted by molar-refractivity contribution is -0.384. The second-order valence-corrected chi connectivity index (χ2v) is 5.68. The molecule has 19 heavy (non-hydrogen) atoms. The van der Waals surface area contributed by atoms with Crippen LogP contribution in [0.2, 0.25) is 0 Å². The molecule has 5 heteroatoms. The van der Waals surface area contributed by atoms with Gasteiger partial charge in [0, 0.05) is 43.0 Å². The van der Waals surface area contributed by atoms with Gasteiger partial charge in [0.15, 0.2) is 0 Å². The predicted octanol–water partition coefficient (Wildman–Crippen LogP) is 2.19. The Kier molecular flexibility index (Phi) is 2.93. The molecule has 0 aliphatic carbocycles. The van der Waals surface area contributed by atoms with Gasteiger partial charge in [-0.25, -0.2) is 0 Å². The van der Waals surface area contributed by atoms with Gasteiger partial charge in [-0.15, -0.1) is 0 Å². The first-order chi connectivity index (χ1) is 9.06. The van der Waals surface area contributed by atoms with E-state index in [-0.39, 0.29) is 10.6 Å². The van der Waals surface area contributed by atoms with Crippen LogP contribution in [0.25, 0.3) is 0 Å². The second-order valence-electron chi connectivity index (χ2n) is 5.68. The molecular formula is C14H19N3O2. The molecule has 0 aromatic heterocycles. The van der Waals surface area contributed by atoms with Crippen molar-refractivity contribution in [3.63, 3.8) is 0 Å². The number of anilines is 1. The van der Waals surface area contributed by atoms with Crippen molar-refractivity contribution < 1.29 is 4.92 Å². The van der Waals surface area contributed by atoms with E-state index in [1.165, 1.54) is 12.8 Å². The fourth-order valence-electron chi connectivity index (χ4n) is 3.42. The lowest BCUT2D eigenvalue weighted by atomic mass is 10.1. The molecule has 5 nitrogen and oxygen atoms in total. The van der Waals surface area contributed by atoms with E-state index >= 15 is 0 Å². The molecule has 1 aromatic carbocycles. The lowest BCUT2D eigenvalue weighted by Gasteiger charge is -2.40. The molecule has 2 aliphatic heterocycles. The summed E-state index contributed by atoms with van der Waals surface area (Å²) in [4.78, 5) is 15.3. The third-order valence-electron chi connectivity index (χ3n) is 4.58. The van der Waals surface area contributed by atoms with Crippen molar-refractivity contribution >= 4 is 11.4 Å². The van der Waals surface area contributed by atoms with Crippen LogP contribution in [0.5, 0.6) is 0 Å². The Hall–Kier alpha value is -1.62. The van der Waals surface area contributed by atoms with Crippen LogP contribution in [-0.2, 0) is 0 Å². The van der Waals surface area contributed by atoms with Gasteiger partial charge < -0.3 is 4.90 Å². The standard InChI is InChI=1S/C14H19N3O2/c1-10-7-11(17(18)19)5-6-14(10)16-8-12-3-4-13(9-16)15(12)2/h5-7,12-13H,3-4,8-9H2,1-2H3. The van der Waals surface area contributed by atoms with E-state index in [1.54, 1.807) is 12.1 Å². The fraction of sp³-hybridized carbons (Fsp3) is 0.571. The molecule has 0 spiro atoms. The van der Waals surface area contributed by atoms with Crippen LogP contribution in [0.15, 0.2) is 18.2 Å². The smallest absolute Gasteiger partial charge is 0.269 e. The van der Waals surface area contributed by atoms with Gasteiger partial charge in [0.05, 0.1) is 4.92 Å². The zero-order valence-corrected chi connectivity index (χ0v) is 11.4. The summed E-state index contributed by atoms with van der Waals surface area (Å²) >= 11 is 0. The molecular weight excluding hydrogens is 242 g/mol. The average Bonchev–Trinajstić information content (AvgIpc) is 2.62. The lowest BCUT2D eigenvalue weighted by Crippen LogP contribution is -2.52. The SMILES string of the molecule is Cc1cc([N+](=O)[O-])ccc1N1CC2CCC(C1)N2C. The number of benzene rings is 1. The summed E-state index contributed by atoms with van der Waals surface area (Å²) < 4.78 is 0. The predicted molar refractivity (Wildman–Crippen MR) is 74.6 cm³/mol. The number of non-ortho nitro benzene ring substituents is 1. The van der Waals surface area contributed by atoms with Crippen LogP contribution in [0.1, 0.15) is 18.4 Å². The summed E-state index contributed by atoms with van der Waals surface area (Å²) in [6.45, 7) is 4.03. The van der Waals surface area contributed by atoms with Crippen molar-refractivity contribution in [3.8, 4) is 0 Å². The van der Waals surface area contributed by atoms with Crippen molar-refractivity contribution in [2.75, 3.05) is 25.0 Å². The van der Waals surface area contributed by atoms with Gasteiger partial charge in [-0.05, 0) is 38.4 Å². The molecule has 1 aromatic rings. The topological polar surface area (TPSA) is 49.6 Å². The molecule has 2 aliphatic rings. The number of nitro benzene ring substituents is 1. The molecule has 0 saturated carbocycles. The Labute approximate surface area is 113 Å². The van der Waals surface area contributed by atoms with E-state index < -0.39 is 0 Å². The monoisotopic (exact) mass is 261 g/mol. The van der Waals surface area contributed by atoms with Crippen LogP contribution >= 0.6 is 0 Å². The summed E-state index contributed by atoms with van der Waals surface area (Å²) in [5.41, 5.74) is 2.33. The van der Waals surface area contributed by atoms with Gasteiger partial charge in [-0.3, -0.25) is 15.0 Å². The summed E-state index contributed by atoms with van der Waals surface area (Å²) in [6, 6.07) is 6.46. The highest BCUT2D eigenvalue weighted by Gasteiger charge is 2.37. The maximum absolute atomic E-state index is 10.8. The third-order valence-corrected chi connectivity index (χ3v) is 4.58. The number of hydrogen-bond donors (Lipinski definition) is 0. The van der Waals surface area contributed by atoms with Gasteiger partial charge in [0.1, 0.15) is 0 Å². The summed E-state index contributed by atoms with van der Waals surface area (Å²) in [6.07, 6.45) is 2.54. The van der Waals surface area contributed by atoms with Crippen molar-refractivity contribution in [2.45, 2.75) is 31.8 Å². The number of likely N-dealkylation sites (N-methyl/N-ethyl adjacent to an activating group) is 1. The van der Waals surface area contributed by atoms with Gasteiger partial charge >= 0.3 is 0 Å². The first kappa shape index (κ1) is 12.4. The highest BCUT2D eigenvalue weighted by Crippen LogP contribution is 2.33. The van der Waals surface area contributed by atoms with Crippen LogP contribution in [0.4, 0.5) is 11.4 Å². The zero-order chi connectivity index (χ0) is 13.6. The minimum Gasteiger partial charge on any atom is -0.368 e. The van der Waals surface area contributed by atoms with E-state index in [9.17, 15) is 10.1 Å². The number of nitrogens with zero attached hydrogens (tertiary/aromatic N) is 3. The van der Waals surface area contributed by atoms with Gasteiger partial charge in [0.2, 0.25) is 0 Å². The van der Waals surface area contributed by atoms with Crippen LogP contribution in [-0.4, -0.2) is 42.0 Å². The van der Waals surface area contributed by atoms with Crippen LogP contribution in [0.3, 0.4) is 0 Å². The number of rotatable bonds is 2.